The van der Waals surface area contributed by atoms with Gasteiger partial charge in [-0.05, 0) is 37.1 Å². The average Bonchev–Trinajstić information content (AvgIpc) is 2.59. The van der Waals surface area contributed by atoms with Crippen molar-refractivity contribution in [3.63, 3.8) is 0 Å². The maximum Gasteiger partial charge on any atom is 0.320 e. The fourth-order valence-corrected chi connectivity index (χ4v) is 2.78. The van der Waals surface area contributed by atoms with Gasteiger partial charge in [-0.15, -0.1) is 0 Å². The quantitative estimate of drug-likeness (QED) is 0.694. The normalized spacial score (nSPS) is 11.8. The highest BCUT2D eigenvalue weighted by atomic mass is 79.9. The number of aliphatic carboxylic acids is 1. The molecule has 0 aromatic heterocycles. The van der Waals surface area contributed by atoms with Crippen LogP contribution in [0.4, 0.5) is 0 Å². The molecule has 0 aliphatic rings. The highest BCUT2D eigenvalue weighted by Crippen LogP contribution is 2.37. The number of hydrogen-bond donors (Lipinski definition) is 2. The molecule has 0 saturated carbocycles. The van der Waals surface area contributed by atoms with Crippen molar-refractivity contribution >= 4 is 21.9 Å². The number of hydrogen-bond acceptors (Lipinski definition) is 4. The summed E-state index contributed by atoms with van der Waals surface area (Å²) in [6.07, 6.45) is 0. The van der Waals surface area contributed by atoms with Crippen molar-refractivity contribution in [2.45, 2.75) is 33.0 Å². The molecule has 0 heterocycles. The number of carboxylic acids is 1. The van der Waals surface area contributed by atoms with Crippen LogP contribution in [0.15, 0.2) is 40.9 Å². The number of ether oxygens (including phenoxy) is 2. The predicted molar refractivity (Wildman–Crippen MR) is 100 cm³/mol. The summed E-state index contributed by atoms with van der Waals surface area (Å²) in [7, 11) is 1.58. The zero-order chi connectivity index (χ0) is 18.4. The third kappa shape index (κ3) is 4.96. The highest BCUT2D eigenvalue weighted by Gasteiger charge is 2.17. The summed E-state index contributed by atoms with van der Waals surface area (Å²) >= 11 is 3.52. The van der Waals surface area contributed by atoms with Crippen LogP contribution in [-0.2, 0) is 17.9 Å². The topological polar surface area (TPSA) is 67.8 Å². The maximum atomic E-state index is 11.0. The van der Waals surface area contributed by atoms with Gasteiger partial charge in [0.25, 0.3) is 0 Å². The minimum Gasteiger partial charge on any atom is -0.493 e. The molecule has 0 radical (unpaired) electrons. The van der Waals surface area contributed by atoms with Crippen LogP contribution in [0.5, 0.6) is 11.5 Å². The summed E-state index contributed by atoms with van der Waals surface area (Å²) in [5.41, 5.74) is 3.05. The molecule has 1 unspecified atom stereocenters. The Morgan fingerprint density at radius 1 is 1.28 bits per heavy atom. The fraction of sp³-hybridized carbons (Fsp3) is 0.316. The van der Waals surface area contributed by atoms with Gasteiger partial charge in [0.1, 0.15) is 12.6 Å². The van der Waals surface area contributed by atoms with Gasteiger partial charge in [0.15, 0.2) is 11.5 Å². The first-order valence-corrected chi connectivity index (χ1v) is 8.72. The molecule has 0 bridgehead atoms. The van der Waals surface area contributed by atoms with E-state index in [-0.39, 0.29) is 0 Å². The molecule has 1 atom stereocenters. The van der Waals surface area contributed by atoms with E-state index in [1.165, 1.54) is 0 Å². The minimum absolute atomic E-state index is 0.342. The number of methoxy groups -OCH3 is 1. The maximum absolute atomic E-state index is 11.0. The van der Waals surface area contributed by atoms with Gasteiger partial charge in [-0.1, -0.05) is 40.2 Å². The Morgan fingerprint density at radius 2 is 2.00 bits per heavy atom. The second-order valence-electron chi connectivity index (χ2n) is 5.71. The van der Waals surface area contributed by atoms with E-state index in [4.69, 9.17) is 14.6 Å². The third-order valence-corrected chi connectivity index (χ3v) is 4.72. The number of aryl methyl sites for hydroxylation is 1. The lowest BCUT2D eigenvalue weighted by molar-refractivity contribution is -0.139. The fourth-order valence-electron chi connectivity index (χ4n) is 2.33. The zero-order valence-electron chi connectivity index (χ0n) is 14.5. The Balaban J connectivity index is 2.26. The van der Waals surface area contributed by atoms with Crippen LogP contribution in [0.25, 0.3) is 0 Å². The first-order chi connectivity index (χ1) is 11.9. The Morgan fingerprint density at radius 3 is 2.64 bits per heavy atom. The molecule has 0 fully saturated rings. The smallest absolute Gasteiger partial charge is 0.320 e. The monoisotopic (exact) mass is 407 g/mol. The molecule has 2 rings (SSSR count). The van der Waals surface area contributed by atoms with Crippen LogP contribution in [-0.4, -0.2) is 24.2 Å². The molecule has 2 aromatic rings. The molecule has 2 N–H and O–H groups in total. The summed E-state index contributed by atoms with van der Waals surface area (Å²) in [6.45, 7) is 4.38. The van der Waals surface area contributed by atoms with Crippen molar-refractivity contribution in [3.05, 3.63) is 57.6 Å². The van der Waals surface area contributed by atoms with Crippen molar-refractivity contribution in [2.24, 2.45) is 0 Å². The Labute approximate surface area is 156 Å². The van der Waals surface area contributed by atoms with Gasteiger partial charge >= 0.3 is 5.97 Å². The molecule has 6 heteroatoms. The van der Waals surface area contributed by atoms with Crippen LogP contribution < -0.4 is 14.8 Å². The summed E-state index contributed by atoms with van der Waals surface area (Å²) in [5.74, 6) is 0.308. The van der Waals surface area contributed by atoms with Gasteiger partial charge in [-0.2, -0.15) is 0 Å². The van der Waals surface area contributed by atoms with E-state index in [2.05, 4.69) is 21.2 Å². The molecule has 2 aromatic carbocycles. The average molecular weight is 408 g/mol. The first-order valence-electron chi connectivity index (χ1n) is 7.93. The number of carboxylic acid groups (broad SMARTS) is 1. The van der Waals surface area contributed by atoms with Gasteiger partial charge in [0, 0.05) is 16.6 Å². The van der Waals surface area contributed by atoms with Crippen LogP contribution >= 0.6 is 15.9 Å². The van der Waals surface area contributed by atoms with Crippen LogP contribution in [0, 0.1) is 6.92 Å². The van der Waals surface area contributed by atoms with Gasteiger partial charge in [-0.3, -0.25) is 4.79 Å². The molecule has 0 aliphatic heterocycles. The Bertz CT molecular complexity index is 748. The zero-order valence-corrected chi connectivity index (χ0v) is 16.1. The lowest BCUT2D eigenvalue weighted by atomic mass is 10.1. The second-order valence-corrected chi connectivity index (χ2v) is 6.57. The van der Waals surface area contributed by atoms with Gasteiger partial charge < -0.3 is 19.9 Å². The van der Waals surface area contributed by atoms with Crippen LogP contribution in [0.1, 0.15) is 23.6 Å². The highest BCUT2D eigenvalue weighted by molar-refractivity contribution is 9.10. The predicted octanol–water partition coefficient (Wildman–Crippen LogP) is 3.91. The van der Waals surface area contributed by atoms with Crippen molar-refractivity contribution < 1.29 is 19.4 Å². The molecule has 0 amide bonds. The van der Waals surface area contributed by atoms with E-state index >= 15 is 0 Å². The van der Waals surface area contributed by atoms with E-state index in [9.17, 15) is 4.79 Å². The molecule has 25 heavy (non-hydrogen) atoms. The van der Waals surface area contributed by atoms with E-state index in [1.54, 1.807) is 14.0 Å². The number of carbonyl (C=O) groups is 1. The van der Waals surface area contributed by atoms with Crippen LogP contribution in [0.2, 0.25) is 0 Å². The van der Waals surface area contributed by atoms with Crippen molar-refractivity contribution in [3.8, 4) is 11.5 Å². The summed E-state index contributed by atoms with van der Waals surface area (Å²) in [6, 6.07) is 11.0. The second kappa shape index (κ2) is 8.87. The van der Waals surface area contributed by atoms with Crippen molar-refractivity contribution in [2.75, 3.05) is 7.11 Å². The molecular formula is C19H22BrNO4. The first kappa shape index (κ1) is 19.3. The Hall–Kier alpha value is -2.05. The van der Waals surface area contributed by atoms with Crippen molar-refractivity contribution in [1.29, 1.82) is 0 Å². The van der Waals surface area contributed by atoms with E-state index in [0.717, 1.165) is 21.2 Å². The van der Waals surface area contributed by atoms with Crippen LogP contribution in [0.3, 0.4) is 0 Å². The molecular weight excluding hydrogens is 386 g/mol. The third-order valence-electron chi connectivity index (χ3n) is 3.98. The van der Waals surface area contributed by atoms with Crippen molar-refractivity contribution in [1.82, 2.24) is 5.32 Å². The number of halogens is 1. The van der Waals surface area contributed by atoms with E-state index in [1.807, 2.05) is 43.3 Å². The standard InChI is InChI=1S/C19H22BrNO4/c1-12-6-4-5-7-14(12)11-25-18-15(10-21-13(2)19(22)23)16(20)8-9-17(18)24-3/h4-9,13,21H,10-11H2,1-3H3,(H,22,23). The lowest BCUT2D eigenvalue weighted by Crippen LogP contribution is -2.33. The summed E-state index contributed by atoms with van der Waals surface area (Å²) in [4.78, 5) is 11.0. The molecule has 0 spiro atoms. The van der Waals surface area contributed by atoms with Gasteiger partial charge in [-0.25, -0.2) is 0 Å². The molecule has 0 saturated heterocycles. The van der Waals surface area contributed by atoms with Gasteiger partial charge in [0.2, 0.25) is 0 Å². The lowest BCUT2D eigenvalue weighted by Gasteiger charge is -2.18. The SMILES string of the molecule is COc1ccc(Br)c(CNC(C)C(=O)O)c1OCc1ccccc1C. The van der Waals surface area contributed by atoms with E-state index < -0.39 is 12.0 Å². The Kier molecular flexibility index (Phi) is 6.84. The molecule has 0 aliphatic carbocycles. The summed E-state index contributed by atoms with van der Waals surface area (Å²) < 4.78 is 12.3. The largest absolute Gasteiger partial charge is 0.493 e. The summed E-state index contributed by atoms with van der Waals surface area (Å²) in [5, 5.41) is 12.0. The number of nitrogens with one attached hydrogen (secondary N) is 1. The van der Waals surface area contributed by atoms with E-state index in [0.29, 0.717) is 24.7 Å². The minimum atomic E-state index is -0.901. The number of rotatable bonds is 8. The molecule has 5 nitrogen and oxygen atoms in total. The van der Waals surface area contributed by atoms with Gasteiger partial charge in [0.05, 0.1) is 7.11 Å². The molecule has 134 valence electrons. The number of benzene rings is 2.